The number of benzene rings is 1. The van der Waals surface area contributed by atoms with Crippen molar-refractivity contribution in [2.75, 3.05) is 0 Å². The lowest BCUT2D eigenvalue weighted by Gasteiger charge is -2.10. The predicted molar refractivity (Wildman–Crippen MR) is 106 cm³/mol. The van der Waals surface area contributed by atoms with E-state index < -0.39 is 17.9 Å². The fourth-order valence-electron chi connectivity index (χ4n) is 2.41. The molecule has 28 heavy (non-hydrogen) atoms. The first-order valence-electron chi connectivity index (χ1n) is 8.94. The number of rotatable bonds is 6. The molecule has 0 fully saturated rings. The lowest BCUT2D eigenvalue weighted by molar-refractivity contribution is 0.0370. The van der Waals surface area contributed by atoms with Crippen LogP contribution >= 0.6 is 11.3 Å². The van der Waals surface area contributed by atoms with Gasteiger partial charge in [0, 0.05) is 5.56 Å². The molecule has 150 valence electrons. The average Bonchev–Trinajstić information content (AvgIpc) is 2.90. The summed E-state index contributed by atoms with van der Waals surface area (Å²) >= 11 is 0.900. The van der Waals surface area contributed by atoms with Crippen LogP contribution in [0.25, 0.3) is 0 Å². The van der Waals surface area contributed by atoms with Crippen LogP contribution < -0.4 is 4.74 Å². The highest BCUT2D eigenvalue weighted by Gasteiger charge is 2.29. The Labute approximate surface area is 168 Å². The summed E-state index contributed by atoms with van der Waals surface area (Å²) in [6, 6.07) is 6.91. The van der Waals surface area contributed by atoms with Crippen LogP contribution in [0.15, 0.2) is 24.3 Å². The Bertz CT molecular complexity index is 894. The first-order valence-corrected chi connectivity index (χ1v) is 9.76. The van der Waals surface area contributed by atoms with Crippen LogP contribution in [0.2, 0.25) is 0 Å². The number of carbonyl (C=O) groups excluding carboxylic acids is 3. The Hall–Kier alpha value is -2.67. The Morgan fingerprint density at radius 2 is 1.43 bits per heavy atom. The molecule has 0 unspecified atom stereocenters. The van der Waals surface area contributed by atoms with Crippen LogP contribution in [0.5, 0.6) is 5.75 Å². The van der Waals surface area contributed by atoms with Gasteiger partial charge < -0.3 is 14.2 Å². The second-order valence-corrected chi connectivity index (χ2v) is 7.90. The molecule has 0 atom stereocenters. The van der Waals surface area contributed by atoms with Gasteiger partial charge in [-0.1, -0.05) is 17.7 Å². The van der Waals surface area contributed by atoms with Crippen LogP contribution in [0, 0.1) is 13.8 Å². The molecule has 0 N–H and O–H groups in total. The van der Waals surface area contributed by atoms with Gasteiger partial charge in [0.05, 0.1) is 17.8 Å². The van der Waals surface area contributed by atoms with Crippen molar-refractivity contribution in [2.45, 2.75) is 53.8 Å². The molecule has 1 heterocycles. The van der Waals surface area contributed by atoms with Gasteiger partial charge in [-0.25, -0.2) is 14.4 Å². The first kappa shape index (κ1) is 21.6. The van der Waals surface area contributed by atoms with Crippen molar-refractivity contribution in [2.24, 2.45) is 0 Å². The van der Waals surface area contributed by atoms with Gasteiger partial charge in [0.15, 0.2) is 10.6 Å². The molecular formula is C21H24O6S. The number of aryl methyl sites for hydroxylation is 1. The lowest BCUT2D eigenvalue weighted by atomic mass is 10.1. The van der Waals surface area contributed by atoms with Crippen LogP contribution in [-0.4, -0.2) is 30.1 Å². The number of hydrogen-bond acceptors (Lipinski definition) is 7. The molecule has 7 heteroatoms. The summed E-state index contributed by atoms with van der Waals surface area (Å²) in [7, 11) is 0. The number of thiophene rings is 1. The van der Waals surface area contributed by atoms with Crippen molar-refractivity contribution in [3.63, 3.8) is 0 Å². The number of hydrogen-bond donors (Lipinski definition) is 0. The zero-order chi connectivity index (χ0) is 21.0. The Balaban J connectivity index is 2.44. The molecule has 0 radical (unpaired) electrons. The summed E-state index contributed by atoms with van der Waals surface area (Å²) in [4.78, 5) is 37.7. The molecule has 0 aliphatic rings. The third-order valence-electron chi connectivity index (χ3n) is 3.60. The zero-order valence-corrected chi connectivity index (χ0v) is 17.6. The van der Waals surface area contributed by atoms with E-state index in [1.54, 1.807) is 52.8 Å². The van der Waals surface area contributed by atoms with E-state index in [1.165, 1.54) is 0 Å². The van der Waals surface area contributed by atoms with Gasteiger partial charge >= 0.3 is 17.9 Å². The molecule has 0 saturated carbocycles. The van der Waals surface area contributed by atoms with E-state index in [2.05, 4.69) is 0 Å². The highest BCUT2D eigenvalue weighted by Crippen LogP contribution is 2.37. The predicted octanol–water partition coefficient (Wildman–Crippen LogP) is 4.71. The molecule has 0 aliphatic carbocycles. The Morgan fingerprint density at radius 3 is 1.96 bits per heavy atom. The standard InChI is InChI=1S/C21H24O6S/c1-11(2)25-20(23)17-14(6)16(18(28-17)21(24)26-12(3)4)27-19(22)15-9-7-8-13(5)10-15/h7-12H,1-6H3. The van der Waals surface area contributed by atoms with Gasteiger partial charge in [-0.05, 0) is 53.7 Å². The van der Waals surface area contributed by atoms with Crippen molar-refractivity contribution in [3.05, 3.63) is 50.7 Å². The van der Waals surface area contributed by atoms with Crippen LogP contribution in [0.4, 0.5) is 0 Å². The van der Waals surface area contributed by atoms with Crippen molar-refractivity contribution in [3.8, 4) is 5.75 Å². The minimum atomic E-state index is -0.654. The first-order chi connectivity index (χ1) is 13.1. The summed E-state index contributed by atoms with van der Waals surface area (Å²) in [6.45, 7) is 10.4. The number of carbonyl (C=O) groups is 3. The van der Waals surface area contributed by atoms with E-state index >= 15 is 0 Å². The van der Waals surface area contributed by atoms with Gasteiger partial charge in [0.1, 0.15) is 4.88 Å². The minimum absolute atomic E-state index is 0.0258. The second kappa shape index (κ2) is 9.01. The molecular weight excluding hydrogens is 380 g/mol. The quantitative estimate of drug-likeness (QED) is 0.649. The monoisotopic (exact) mass is 404 g/mol. The molecule has 1 aromatic carbocycles. The molecule has 0 amide bonds. The van der Waals surface area contributed by atoms with Gasteiger partial charge in [0.25, 0.3) is 0 Å². The van der Waals surface area contributed by atoms with Crippen LogP contribution in [-0.2, 0) is 9.47 Å². The van der Waals surface area contributed by atoms with E-state index in [-0.39, 0.29) is 27.7 Å². The van der Waals surface area contributed by atoms with Crippen LogP contribution in [0.1, 0.15) is 68.5 Å². The fraction of sp³-hybridized carbons (Fsp3) is 0.381. The third-order valence-corrected chi connectivity index (χ3v) is 4.83. The topological polar surface area (TPSA) is 78.9 Å². The van der Waals surface area contributed by atoms with Gasteiger partial charge in [0.2, 0.25) is 0 Å². The molecule has 2 aromatic rings. The lowest BCUT2D eigenvalue weighted by Crippen LogP contribution is -2.14. The molecule has 0 aliphatic heterocycles. The number of ether oxygens (including phenoxy) is 3. The van der Waals surface area contributed by atoms with E-state index in [9.17, 15) is 14.4 Å². The van der Waals surface area contributed by atoms with Gasteiger partial charge in [-0.3, -0.25) is 0 Å². The van der Waals surface area contributed by atoms with E-state index in [0.717, 1.165) is 16.9 Å². The summed E-state index contributed by atoms with van der Waals surface area (Å²) in [5.74, 6) is -1.82. The van der Waals surface area contributed by atoms with Crippen molar-refractivity contribution in [1.82, 2.24) is 0 Å². The summed E-state index contributed by atoms with van der Waals surface area (Å²) in [6.07, 6.45) is -0.681. The maximum Gasteiger partial charge on any atom is 0.352 e. The zero-order valence-electron chi connectivity index (χ0n) is 16.8. The molecule has 1 aromatic heterocycles. The van der Waals surface area contributed by atoms with Crippen LogP contribution in [0.3, 0.4) is 0 Å². The molecule has 0 bridgehead atoms. The Kier molecular flexibility index (Phi) is 6.96. The molecule has 2 rings (SSSR count). The Morgan fingerprint density at radius 1 is 0.857 bits per heavy atom. The second-order valence-electron chi connectivity index (χ2n) is 6.88. The SMILES string of the molecule is Cc1cccc(C(=O)Oc2c(C(=O)OC(C)C)sc(C(=O)OC(C)C)c2C)c1. The van der Waals surface area contributed by atoms with Crippen molar-refractivity contribution < 1.29 is 28.6 Å². The third kappa shape index (κ3) is 5.19. The highest BCUT2D eigenvalue weighted by atomic mass is 32.1. The normalized spacial score (nSPS) is 10.9. The number of esters is 3. The summed E-state index contributed by atoms with van der Waals surface area (Å²) < 4.78 is 16.0. The van der Waals surface area contributed by atoms with Crippen molar-refractivity contribution in [1.29, 1.82) is 0 Å². The maximum absolute atomic E-state index is 12.6. The largest absolute Gasteiger partial charge is 0.459 e. The maximum atomic E-state index is 12.6. The molecule has 6 nitrogen and oxygen atoms in total. The molecule has 0 spiro atoms. The summed E-state index contributed by atoms with van der Waals surface area (Å²) in [5, 5.41) is 0. The molecule has 0 saturated heterocycles. The van der Waals surface area contributed by atoms with E-state index in [1.807, 2.05) is 13.0 Å². The van der Waals surface area contributed by atoms with Gasteiger partial charge in [-0.15, -0.1) is 11.3 Å². The fourth-order valence-corrected chi connectivity index (χ4v) is 3.41. The average molecular weight is 404 g/mol. The highest BCUT2D eigenvalue weighted by molar-refractivity contribution is 7.16. The summed E-state index contributed by atoms with van der Waals surface area (Å²) in [5.41, 5.74) is 1.62. The van der Waals surface area contributed by atoms with Crippen molar-refractivity contribution >= 4 is 29.2 Å². The minimum Gasteiger partial charge on any atom is -0.459 e. The van der Waals surface area contributed by atoms with E-state index in [4.69, 9.17) is 14.2 Å². The van der Waals surface area contributed by atoms with E-state index in [0.29, 0.717) is 11.1 Å². The smallest absolute Gasteiger partial charge is 0.352 e. The van der Waals surface area contributed by atoms with Gasteiger partial charge in [-0.2, -0.15) is 0 Å².